The topological polar surface area (TPSA) is 35.2 Å². The molecule has 2 atom stereocenters. The lowest BCUT2D eigenvalue weighted by Crippen LogP contribution is -2.21. The molecule has 0 spiro atoms. The molecule has 0 saturated heterocycles. The second-order valence-electron chi connectivity index (χ2n) is 5.07. The number of hydrogen-bond acceptors (Lipinski definition) is 2. The zero-order valence-electron chi connectivity index (χ0n) is 12.1. The molecule has 19 heavy (non-hydrogen) atoms. The minimum atomic E-state index is 0.00859. The van der Waals surface area contributed by atoms with Gasteiger partial charge in [-0.2, -0.15) is 0 Å². The zero-order chi connectivity index (χ0) is 14.1. The average molecular weight is 328 g/mol. The van der Waals surface area contributed by atoms with E-state index in [4.69, 9.17) is 10.5 Å². The van der Waals surface area contributed by atoms with Crippen molar-refractivity contribution in [3.8, 4) is 0 Å². The molecule has 2 nitrogen and oxygen atoms in total. The predicted octanol–water partition coefficient (Wildman–Crippen LogP) is 4.82. The van der Waals surface area contributed by atoms with E-state index in [9.17, 15) is 0 Å². The van der Waals surface area contributed by atoms with Crippen molar-refractivity contribution in [1.29, 1.82) is 0 Å². The highest BCUT2D eigenvalue weighted by molar-refractivity contribution is 9.10. The summed E-state index contributed by atoms with van der Waals surface area (Å²) in [6.07, 6.45) is 6.54. The second kappa shape index (κ2) is 9.51. The van der Waals surface area contributed by atoms with Crippen LogP contribution in [0.5, 0.6) is 0 Å². The van der Waals surface area contributed by atoms with Gasteiger partial charge in [-0.3, -0.25) is 0 Å². The van der Waals surface area contributed by atoms with E-state index in [1.807, 2.05) is 12.1 Å². The van der Waals surface area contributed by atoms with Crippen molar-refractivity contribution in [2.24, 2.45) is 5.73 Å². The molecule has 0 aromatic heterocycles. The van der Waals surface area contributed by atoms with Gasteiger partial charge in [-0.15, -0.1) is 0 Å². The Morgan fingerprint density at radius 1 is 1.16 bits per heavy atom. The van der Waals surface area contributed by atoms with E-state index >= 15 is 0 Å². The van der Waals surface area contributed by atoms with E-state index in [1.54, 1.807) is 0 Å². The molecule has 3 heteroatoms. The molecular formula is C16H26BrNO. The molecule has 0 aliphatic heterocycles. The summed E-state index contributed by atoms with van der Waals surface area (Å²) in [5.74, 6) is 0. The van der Waals surface area contributed by atoms with E-state index in [0.717, 1.165) is 16.5 Å². The van der Waals surface area contributed by atoms with Gasteiger partial charge in [-0.25, -0.2) is 0 Å². The van der Waals surface area contributed by atoms with Gasteiger partial charge < -0.3 is 10.5 Å². The van der Waals surface area contributed by atoms with Gasteiger partial charge in [0.05, 0.1) is 12.2 Å². The number of ether oxygens (including phenoxy) is 1. The lowest BCUT2D eigenvalue weighted by molar-refractivity contribution is -0.00374. The lowest BCUT2D eigenvalue weighted by atomic mass is 10.1. The van der Waals surface area contributed by atoms with E-state index in [2.05, 4.69) is 41.9 Å². The first-order valence-electron chi connectivity index (χ1n) is 7.28. The number of unbranched alkanes of at least 4 members (excludes halogenated alkanes) is 3. The fourth-order valence-electron chi connectivity index (χ4n) is 2.15. The average Bonchev–Trinajstić information content (AvgIpc) is 2.42. The highest BCUT2D eigenvalue weighted by atomic mass is 79.9. The van der Waals surface area contributed by atoms with Gasteiger partial charge in [0, 0.05) is 11.0 Å². The zero-order valence-corrected chi connectivity index (χ0v) is 13.7. The van der Waals surface area contributed by atoms with Crippen molar-refractivity contribution >= 4 is 15.9 Å². The summed E-state index contributed by atoms with van der Waals surface area (Å²) in [7, 11) is 0. The van der Waals surface area contributed by atoms with Crippen molar-refractivity contribution < 1.29 is 4.74 Å². The van der Waals surface area contributed by atoms with Crippen LogP contribution in [0.15, 0.2) is 28.7 Å². The van der Waals surface area contributed by atoms with E-state index < -0.39 is 0 Å². The van der Waals surface area contributed by atoms with Crippen LogP contribution in [0.2, 0.25) is 0 Å². The van der Waals surface area contributed by atoms with Crippen LogP contribution in [0.3, 0.4) is 0 Å². The molecule has 108 valence electrons. The molecule has 0 aliphatic carbocycles. The summed E-state index contributed by atoms with van der Waals surface area (Å²) in [5, 5.41) is 0. The van der Waals surface area contributed by atoms with Crippen molar-refractivity contribution in [2.45, 2.75) is 58.2 Å². The van der Waals surface area contributed by atoms with Crippen molar-refractivity contribution in [3.05, 3.63) is 34.3 Å². The fourth-order valence-corrected chi connectivity index (χ4v) is 2.42. The normalized spacial score (nSPS) is 14.3. The molecule has 0 fully saturated rings. The van der Waals surface area contributed by atoms with Crippen LogP contribution in [0.25, 0.3) is 0 Å². The first kappa shape index (κ1) is 16.7. The Labute approximate surface area is 125 Å². The predicted molar refractivity (Wildman–Crippen MR) is 85.2 cm³/mol. The molecule has 0 heterocycles. The van der Waals surface area contributed by atoms with Crippen molar-refractivity contribution in [1.82, 2.24) is 0 Å². The third-order valence-electron chi connectivity index (χ3n) is 3.32. The van der Waals surface area contributed by atoms with Gasteiger partial charge in [0.2, 0.25) is 0 Å². The third-order valence-corrected chi connectivity index (χ3v) is 3.85. The Balaban J connectivity index is 2.41. The minimum absolute atomic E-state index is 0.00859. The fraction of sp³-hybridized carbons (Fsp3) is 0.625. The van der Waals surface area contributed by atoms with Crippen molar-refractivity contribution in [3.63, 3.8) is 0 Å². The van der Waals surface area contributed by atoms with Gasteiger partial charge in [-0.1, -0.05) is 60.7 Å². The van der Waals surface area contributed by atoms with Gasteiger partial charge in [0.1, 0.15) is 0 Å². The Hall–Kier alpha value is -0.380. The molecule has 0 aliphatic rings. The highest BCUT2D eigenvalue weighted by Gasteiger charge is 2.13. The summed E-state index contributed by atoms with van der Waals surface area (Å²) in [4.78, 5) is 0. The molecule has 0 amide bonds. The third kappa shape index (κ3) is 6.55. The molecule has 2 N–H and O–H groups in total. The SMILES string of the molecule is CCCCCCC(C)OC(CN)c1ccc(Br)cc1. The molecule has 1 aromatic rings. The Bertz CT molecular complexity index is 339. The molecule has 0 bridgehead atoms. The maximum atomic E-state index is 6.07. The summed E-state index contributed by atoms with van der Waals surface area (Å²) < 4.78 is 7.15. The quantitative estimate of drug-likeness (QED) is 0.659. The summed E-state index contributed by atoms with van der Waals surface area (Å²) in [5.41, 5.74) is 6.99. The highest BCUT2D eigenvalue weighted by Crippen LogP contribution is 2.22. The van der Waals surface area contributed by atoms with Gasteiger partial charge in [-0.05, 0) is 31.0 Å². The Morgan fingerprint density at radius 3 is 2.42 bits per heavy atom. The molecule has 1 rings (SSSR count). The summed E-state index contributed by atoms with van der Waals surface area (Å²) in [6, 6.07) is 8.22. The standard InChI is InChI=1S/C16H26BrNO/c1-3-4-5-6-7-13(2)19-16(12-18)14-8-10-15(17)11-9-14/h8-11,13,16H,3-7,12,18H2,1-2H3. The molecular weight excluding hydrogens is 302 g/mol. The Kier molecular flexibility index (Phi) is 8.35. The van der Waals surface area contributed by atoms with E-state index in [1.165, 1.54) is 25.7 Å². The molecule has 1 aromatic carbocycles. The van der Waals surface area contributed by atoms with Crippen LogP contribution in [0.4, 0.5) is 0 Å². The maximum Gasteiger partial charge on any atom is 0.0950 e. The van der Waals surface area contributed by atoms with E-state index in [-0.39, 0.29) is 12.2 Å². The largest absolute Gasteiger partial charge is 0.369 e. The monoisotopic (exact) mass is 327 g/mol. The van der Waals surface area contributed by atoms with Crippen LogP contribution in [-0.2, 0) is 4.74 Å². The number of rotatable bonds is 9. The number of nitrogens with two attached hydrogens (primary N) is 1. The Morgan fingerprint density at radius 2 is 1.84 bits per heavy atom. The molecule has 0 radical (unpaired) electrons. The smallest absolute Gasteiger partial charge is 0.0950 e. The maximum absolute atomic E-state index is 6.07. The number of hydrogen-bond donors (Lipinski definition) is 1. The minimum Gasteiger partial charge on any atom is -0.369 e. The first-order valence-corrected chi connectivity index (χ1v) is 8.07. The molecule has 2 unspecified atom stereocenters. The van der Waals surface area contributed by atoms with Crippen LogP contribution in [0.1, 0.15) is 57.6 Å². The summed E-state index contributed by atoms with van der Waals surface area (Å²) in [6.45, 7) is 4.91. The van der Waals surface area contributed by atoms with Gasteiger partial charge in [0.25, 0.3) is 0 Å². The number of benzene rings is 1. The van der Waals surface area contributed by atoms with Crippen molar-refractivity contribution in [2.75, 3.05) is 6.54 Å². The van der Waals surface area contributed by atoms with Crippen LogP contribution >= 0.6 is 15.9 Å². The molecule has 0 saturated carbocycles. The van der Waals surface area contributed by atoms with Gasteiger partial charge in [0.15, 0.2) is 0 Å². The van der Waals surface area contributed by atoms with Gasteiger partial charge >= 0.3 is 0 Å². The second-order valence-corrected chi connectivity index (χ2v) is 5.99. The van der Waals surface area contributed by atoms with E-state index in [0.29, 0.717) is 6.54 Å². The number of halogens is 1. The first-order chi connectivity index (χ1) is 9.17. The lowest BCUT2D eigenvalue weighted by Gasteiger charge is -2.22. The van der Waals surface area contributed by atoms with Crippen LogP contribution in [-0.4, -0.2) is 12.6 Å². The van der Waals surface area contributed by atoms with Crippen LogP contribution in [0, 0.1) is 0 Å². The summed E-state index contributed by atoms with van der Waals surface area (Å²) >= 11 is 3.44. The van der Waals surface area contributed by atoms with Crippen LogP contribution < -0.4 is 5.73 Å².